The molecule has 1 aromatic heterocycles. The topological polar surface area (TPSA) is 96.6 Å². The summed E-state index contributed by atoms with van der Waals surface area (Å²) in [5.41, 5.74) is -0.937. The summed E-state index contributed by atoms with van der Waals surface area (Å²) in [4.78, 5) is 12.6. The molecule has 4 rings (SSSR count). The summed E-state index contributed by atoms with van der Waals surface area (Å²) in [6.45, 7) is 2.02. The van der Waals surface area contributed by atoms with Crippen molar-refractivity contribution in [1.29, 1.82) is 0 Å². The maximum atomic E-state index is 12.9. The van der Waals surface area contributed by atoms with E-state index in [4.69, 9.17) is 27.6 Å². The number of hydrogen-bond donors (Lipinski definition) is 2. The summed E-state index contributed by atoms with van der Waals surface area (Å²) in [6, 6.07) is 15.2. The van der Waals surface area contributed by atoms with Crippen LogP contribution < -0.4 is 10.3 Å². The monoisotopic (exact) mass is 507 g/mol. The molecular formula is C24H23Cl2NO5S. The first kappa shape index (κ1) is 23.7. The van der Waals surface area contributed by atoms with Gasteiger partial charge in [-0.25, -0.2) is 13.2 Å². The maximum absolute atomic E-state index is 12.9. The van der Waals surface area contributed by atoms with Crippen molar-refractivity contribution in [2.45, 2.75) is 42.9 Å². The minimum Gasteiger partial charge on any atom is -0.505 e. The molecule has 1 fully saturated rings. The molecule has 2 aromatic carbocycles. The number of halogens is 2. The van der Waals surface area contributed by atoms with Crippen molar-refractivity contribution in [2.24, 2.45) is 5.92 Å². The van der Waals surface area contributed by atoms with Crippen LogP contribution in [-0.4, -0.2) is 13.5 Å². The molecule has 1 aliphatic carbocycles. The second kappa shape index (κ2) is 9.05. The van der Waals surface area contributed by atoms with Gasteiger partial charge in [0.15, 0.2) is 11.4 Å². The molecule has 33 heavy (non-hydrogen) atoms. The van der Waals surface area contributed by atoms with E-state index in [1.807, 2.05) is 37.3 Å². The molecule has 1 aliphatic rings. The molecule has 0 radical (unpaired) electrons. The minimum atomic E-state index is -4.30. The normalized spacial score (nSPS) is 15.7. The van der Waals surface area contributed by atoms with Gasteiger partial charge in [0.05, 0.1) is 5.02 Å². The average Bonchev–Trinajstić information content (AvgIpc) is 3.63. The Bertz CT molecular complexity index is 1340. The van der Waals surface area contributed by atoms with Gasteiger partial charge in [-0.15, -0.1) is 0 Å². The number of benzene rings is 2. The summed E-state index contributed by atoms with van der Waals surface area (Å²) in [5.74, 6) is 0.148. The Morgan fingerprint density at radius 3 is 2.42 bits per heavy atom. The van der Waals surface area contributed by atoms with E-state index < -0.39 is 32.5 Å². The number of rotatable bonds is 8. The molecule has 174 valence electrons. The fraction of sp³-hybridized carbons (Fsp3) is 0.292. The lowest BCUT2D eigenvalue weighted by molar-refractivity contribution is 0.265. The van der Waals surface area contributed by atoms with Crippen LogP contribution in [0.15, 0.2) is 68.7 Å². The number of anilines is 1. The van der Waals surface area contributed by atoms with E-state index in [-0.39, 0.29) is 14.9 Å². The second-order valence-corrected chi connectivity index (χ2v) is 10.8. The van der Waals surface area contributed by atoms with Gasteiger partial charge in [-0.2, -0.15) is 0 Å². The third-order valence-corrected chi connectivity index (χ3v) is 8.26. The highest BCUT2D eigenvalue weighted by molar-refractivity contribution is 7.92. The molecular weight excluding hydrogens is 485 g/mol. The van der Waals surface area contributed by atoms with Gasteiger partial charge < -0.3 is 9.52 Å². The van der Waals surface area contributed by atoms with Gasteiger partial charge >= 0.3 is 5.63 Å². The van der Waals surface area contributed by atoms with Crippen molar-refractivity contribution in [3.05, 3.63) is 86.4 Å². The molecule has 9 heteroatoms. The van der Waals surface area contributed by atoms with Crippen LogP contribution in [-0.2, 0) is 21.9 Å². The minimum absolute atomic E-state index is 0.0750. The Balaban J connectivity index is 1.73. The zero-order chi connectivity index (χ0) is 23.8. The molecule has 6 nitrogen and oxygen atoms in total. The van der Waals surface area contributed by atoms with Crippen LogP contribution in [0.25, 0.3) is 0 Å². The zero-order valence-corrected chi connectivity index (χ0v) is 20.2. The first-order valence-corrected chi connectivity index (χ1v) is 12.8. The number of sulfonamides is 1. The smallest absolute Gasteiger partial charge is 0.364 e. The van der Waals surface area contributed by atoms with E-state index in [0.29, 0.717) is 24.5 Å². The van der Waals surface area contributed by atoms with E-state index in [0.717, 1.165) is 24.5 Å². The van der Waals surface area contributed by atoms with Crippen LogP contribution in [0.1, 0.15) is 37.5 Å². The lowest BCUT2D eigenvalue weighted by Gasteiger charge is -2.32. The average molecular weight is 508 g/mol. The van der Waals surface area contributed by atoms with Crippen molar-refractivity contribution in [3.8, 4) is 5.75 Å². The van der Waals surface area contributed by atoms with E-state index >= 15 is 0 Å². The molecule has 0 spiro atoms. The standard InChI is InChI=1S/C24H23Cl2NO5S/c1-2-24(16-8-9-16,14-15-6-4-3-5-7-15)21-13-19(28)22(23(29)32-21)27-33(30,31)20-12-17(25)10-11-18(20)26/h3-7,10-13,16,27-28H,2,8-9,14H2,1H3. The lowest BCUT2D eigenvalue weighted by Crippen LogP contribution is -2.32. The Labute approximate surface area is 202 Å². The predicted octanol–water partition coefficient (Wildman–Crippen LogP) is 5.75. The van der Waals surface area contributed by atoms with Gasteiger partial charge in [0.25, 0.3) is 10.0 Å². The van der Waals surface area contributed by atoms with E-state index in [1.165, 1.54) is 18.2 Å². The van der Waals surface area contributed by atoms with Crippen LogP contribution >= 0.6 is 23.2 Å². The molecule has 3 aromatic rings. The summed E-state index contributed by atoms with van der Waals surface area (Å²) in [5, 5.41) is 10.8. The first-order valence-electron chi connectivity index (χ1n) is 10.6. The number of nitrogens with one attached hydrogen (secondary N) is 1. The van der Waals surface area contributed by atoms with Crippen LogP contribution in [0.2, 0.25) is 10.0 Å². The molecule has 1 saturated carbocycles. The second-order valence-electron chi connectivity index (χ2n) is 8.28. The predicted molar refractivity (Wildman–Crippen MR) is 129 cm³/mol. The third kappa shape index (κ3) is 4.76. The lowest BCUT2D eigenvalue weighted by atomic mass is 9.72. The highest BCUT2D eigenvalue weighted by atomic mass is 35.5. The Hall–Kier alpha value is -2.48. The molecule has 2 N–H and O–H groups in total. The number of hydrogen-bond acceptors (Lipinski definition) is 5. The van der Waals surface area contributed by atoms with Crippen LogP contribution in [0, 0.1) is 5.92 Å². The molecule has 1 heterocycles. The van der Waals surface area contributed by atoms with Crippen LogP contribution in [0.4, 0.5) is 5.69 Å². The fourth-order valence-corrected chi connectivity index (χ4v) is 6.14. The van der Waals surface area contributed by atoms with Crippen molar-refractivity contribution in [1.82, 2.24) is 0 Å². The summed E-state index contributed by atoms with van der Waals surface area (Å²) >= 11 is 11.9. The Morgan fingerprint density at radius 2 is 1.82 bits per heavy atom. The highest BCUT2D eigenvalue weighted by Crippen LogP contribution is 2.52. The summed E-state index contributed by atoms with van der Waals surface area (Å²) in [6.07, 6.45) is 3.32. The van der Waals surface area contributed by atoms with Gasteiger partial charge in [0.1, 0.15) is 10.7 Å². The molecule has 1 unspecified atom stereocenters. The van der Waals surface area contributed by atoms with E-state index in [1.54, 1.807) is 0 Å². The largest absolute Gasteiger partial charge is 0.505 e. The first-order chi connectivity index (χ1) is 15.7. The van der Waals surface area contributed by atoms with Crippen molar-refractivity contribution in [2.75, 3.05) is 4.72 Å². The zero-order valence-electron chi connectivity index (χ0n) is 17.8. The highest BCUT2D eigenvalue weighted by Gasteiger charge is 2.47. The Morgan fingerprint density at radius 1 is 1.12 bits per heavy atom. The van der Waals surface area contributed by atoms with Gasteiger partial charge in [0.2, 0.25) is 0 Å². The number of aromatic hydroxyl groups is 1. The Kier molecular flexibility index (Phi) is 6.49. The van der Waals surface area contributed by atoms with Crippen molar-refractivity contribution >= 4 is 38.9 Å². The summed E-state index contributed by atoms with van der Waals surface area (Å²) in [7, 11) is -4.30. The third-order valence-electron chi connectivity index (χ3n) is 6.19. The van der Waals surface area contributed by atoms with Gasteiger partial charge in [0, 0.05) is 16.5 Å². The fourth-order valence-electron chi connectivity index (χ4n) is 4.31. The van der Waals surface area contributed by atoms with Crippen LogP contribution in [0.5, 0.6) is 5.75 Å². The SMILES string of the molecule is CCC(Cc1ccccc1)(c1cc(O)c(NS(=O)(=O)c2cc(Cl)ccc2Cl)c(=O)o1)C1CC1. The molecule has 0 bridgehead atoms. The van der Waals surface area contributed by atoms with Crippen molar-refractivity contribution in [3.63, 3.8) is 0 Å². The summed E-state index contributed by atoms with van der Waals surface area (Å²) < 4.78 is 33.4. The van der Waals surface area contributed by atoms with Gasteiger partial charge in [-0.3, -0.25) is 4.72 Å². The van der Waals surface area contributed by atoms with Gasteiger partial charge in [-0.05, 0) is 55.4 Å². The quantitative estimate of drug-likeness (QED) is 0.404. The maximum Gasteiger partial charge on any atom is 0.364 e. The van der Waals surface area contributed by atoms with Gasteiger partial charge in [-0.1, -0.05) is 60.5 Å². The molecule has 0 amide bonds. The molecule has 1 atom stereocenters. The van der Waals surface area contributed by atoms with E-state index in [9.17, 15) is 18.3 Å². The molecule has 0 saturated heterocycles. The van der Waals surface area contributed by atoms with Crippen LogP contribution in [0.3, 0.4) is 0 Å². The van der Waals surface area contributed by atoms with Crippen molar-refractivity contribution < 1.29 is 17.9 Å². The molecule has 0 aliphatic heterocycles. The van der Waals surface area contributed by atoms with E-state index in [2.05, 4.69) is 4.72 Å².